The Morgan fingerprint density at radius 1 is 1.21 bits per heavy atom. The van der Waals surface area contributed by atoms with Crippen molar-refractivity contribution in [3.05, 3.63) is 59.7 Å². The summed E-state index contributed by atoms with van der Waals surface area (Å²) in [5.74, 6) is 0.767. The Bertz CT molecular complexity index is 944. The van der Waals surface area contributed by atoms with Crippen LogP contribution in [0, 0.1) is 6.92 Å². The summed E-state index contributed by atoms with van der Waals surface area (Å²) in [6.45, 7) is 1.77. The zero-order chi connectivity index (χ0) is 20.1. The Balaban J connectivity index is 1.58. The highest BCUT2D eigenvalue weighted by molar-refractivity contribution is 5.78. The smallest absolute Gasteiger partial charge is 0.341 e. The third kappa shape index (κ3) is 4.79. The maximum Gasteiger partial charge on any atom is 0.341 e. The van der Waals surface area contributed by atoms with Gasteiger partial charge in [0.25, 0.3) is 5.89 Å². The number of oxazole rings is 1. The number of carboxylic acid groups (broad SMARTS) is 1. The molecule has 8 heteroatoms. The Labute approximate surface area is 161 Å². The molecular formula is C20H20N2O6. The topological polar surface area (TPSA) is 106 Å². The summed E-state index contributed by atoms with van der Waals surface area (Å²) < 4.78 is 15.9. The van der Waals surface area contributed by atoms with Crippen LogP contribution >= 0.6 is 0 Å². The van der Waals surface area contributed by atoms with Crippen molar-refractivity contribution in [1.82, 2.24) is 9.88 Å². The van der Waals surface area contributed by atoms with Crippen LogP contribution in [0.1, 0.15) is 17.0 Å². The summed E-state index contributed by atoms with van der Waals surface area (Å²) in [5.41, 5.74) is 1.47. The van der Waals surface area contributed by atoms with E-state index in [1.807, 2.05) is 0 Å². The Morgan fingerprint density at radius 3 is 2.61 bits per heavy atom. The number of amides is 1. The van der Waals surface area contributed by atoms with Crippen LogP contribution in [0.2, 0.25) is 0 Å². The molecule has 1 aromatic carbocycles. The van der Waals surface area contributed by atoms with E-state index in [-0.39, 0.29) is 12.3 Å². The number of aromatic nitrogens is 1. The fourth-order valence-corrected chi connectivity index (χ4v) is 2.57. The van der Waals surface area contributed by atoms with Crippen LogP contribution in [0.15, 0.2) is 51.5 Å². The summed E-state index contributed by atoms with van der Waals surface area (Å²) in [4.78, 5) is 29.0. The van der Waals surface area contributed by atoms with Gasteiger partial charge in [-0.2, -0.15) is 0 Å². The van der Waals surface area contributed by atoms with E-state index in [2.05, 4.69) is 4.98 Å². The summed E-state index contributed by atoms with van der Waals surface area (Å²) >= 11 is 0. The second-order valence-corrected chi connectivity index (χ2v) is 6.25. The monoisotopic (exact) mass is 384 g/mol. The number of rotatable bonds is 8. The van der Waals surface area contributed by atoms with Gasteiger partial charge in [0.15, 0.2) is 12.4 Å². The molecule has 1 amide bonds. The number of carboxylic acids is 1. The SMILES string of the molecule is Cc1oc(-c2ccco2)nc1CC(=O)N(C)Cc1ccc(OCC(=O)O)cc1. The third-order valence-electron chi connectivity index (χ3n) is 4.07. The molecule has 0 spiro atoms. The van der Waals surface area contributed by atoms with E-state index < -0.39 is 12.6 Å². The van der Waals surface area contributed by atoms with E-state index in [1.165, 1.54) is 6.26 Å². The van der Waals surface area contributed by atoms with Crippen molar-refractivity contribution in [2.45, 2.75) is 19.9 Å². The lowest BCUT2D eigenvalue weighted by atomic mass is 10.2. The lowest BCUT2D eigenvalue weighted by Crippen LogP contribution is -2.28. The second kappa shape index (κ2) is 8.43. The van der Waals surface area contributed by atoms with Gasteiger partial charge in [-0.1, -0.05) is 12.1 Å². The molecule has 28 heavy (non-hydrogen) atoms. The van der Waals surface area contributed by atoms with Crippen molar-refractivity contribution in [3.63, 3.8) is 0 Å². The second-order valence-electron chi connectivity index (χ2n) is 6.25. The number of furan rings is 1. The first-order chi connectivity index (χ1) is 13.4. The molecule has 0 bridgehead atoms. The highest BCUT2D eigenvalue weighted by Gasteiger charge is 2.18. The zero-order valence-electron chi connectivity index (χ0n) is 15.5. The molecule has 3 rings (SSSR count). The van der Waals surface area contributed by atoms with Gasteiger partial charge in [0.2, 0.25) is 5.91 Å². The van der Waals surface area contributed by atoms with E-state index >= 15 is 0 Å². The molecule has 0 saturated carbocycles. The zero-order valence-corrected chi connectivity index (χ0v) is 15.5. The number of aliphatic carboxylic acids is 1. The molecule has 0 aliphatic heterocycles. The predicted octanol–water partition coefficient (Wildman–Crippen LogP) is 2.91. The number of aryl methyl sites for hydroxylation is 1. The number of ether oxygens (including phenoxy) is 1. The minimum absolute atomic E-state index is 0.103. The van der Waals surface area contributed by atoms with Gasteiger partial charge < -0.3 is 23.6 Å². The van der Waals surface area contributed by atoms with E-state index in [0.29, 0.717) is 35.4 Å². The van der Waals surface area contributed by atoms with Gasteiger partial charge in [0.1, 0.15) is 11.5 Å². The normalized spacial score (nSPS) is 10.6. The van der Waals surface area contributed by atoms with Crippen molar-refractivity contribution in [2.24, 2.45) is 0 Å². The summed E-state index contributed by atoms with van der Waals surface area (Å²) in [7, 11) is 1.71. The number of carbonyl (C=O) groups excluding carboxylic acids is 1. The molecule has 0 radical (unpaired) electrons. The predicted molar refractivity (Wildman–Crippen MR) is 98.7 cm³/mol. The number of hydrogen-bond acceptors (Lipinski definition) is 6. The van der Waals surface area contributed by atoms with Gasteiger partial charge in [0, 0.05) is 13.6 Å². The Hall–Kier alpha value is -3.55. The lowest BCUT2D eigenvalue weighted by Gasteiger charge is -2.17. The molecule has 2 aromatic heterocycles. The maximum atomic E-state index is 12.5. The van der Waals surface area contributed by atoms with E-state index in [9.17, 15) is 9.59 Å². The fraction of sp³-hybridized carbons (Fsp3) is 0.250. The number of benzene rings is 1. The third-order valence-corrected chi connectivity index (χ3v) is 4.07. The maximum absolute atomic E-state index is 12.5. The summed E-state index contributed by atoms with van der Waals surface area (Å²) in [6.07, 6.45) is 1.65. The number of hydrogen-bond donors (Lipinski definition) is 1. The highest BCUT2D eigenvalue weighted by atomic mass is 16.5. The van der Waals surface area contributed by atoms with Gasteiger partial charge in [-0.25, -0.2) is 9.78 Å². The number of likely N-dealkylation sites (N-methyl/N-ethyl adjacent to an activating group) is 1. The standard InChI is InChI=1S/C20H20N2O6/c1-13-16(21-20(28-13)17-4-3-9-26-17)10-18(23)22(2)11-14-5-7-15(8-6-14)27-12-19(24)25/h3-9H,10-12H2,1-2H3,(H,24,25). The number of carbonyl (C=O) groups is 2. The highest BCUT2D eigenvalue weighted by Crippen LogP contribution is 2.22. The first kappa shape index (κ1) is 19.2. The molecule has 0 aliphatic carbocycles. The Morgan fingerprint density at radius 2 is 1.96 bits per heavy atom. The molecule has 0 atom stereocenters. The van der Waals surface area contributed by atoms with Gasteiger partial charge >= 0.3 is 5.97 Å². The summed E-state index contributed by atoms with van der Waals surface area (Å²) in [6, 6.07) is 10.4. The lowest BCUT2D eigenvalue weighted by molar-refractivity contribution is -0.139. The van der Waals surface area contributed by atoms with Crippen LogP contribution in [0.5, 0.6) is 5.75 Å². The van der Waals surface area contributed by atoms with Crippen molar-refractivity contribution in [3.8, 4) is 17.4 Å². The van der Waals surface area contributed by atoms with E-state index in [1.54, 1.807) is 55.3 Å². The van der Waals surface area contributed by atoms with Crippen molar-refractivity contribution in [2.75, 3.05) is 13.7 Å². The molecule has 146 valence electrons. The number of nitrogens with zero attached hydrogens (tertiary/aromatic N) is 2. The minimum Gasteiger partial charge on any atom is -0.482 e. The van der Waals surface area contributed by atoms with Gasteiger partial charge in [-0.3, -0.25) is 4.79 Å². The molecule has 0 fully saturated rings. The Kier molecular flexibility index (Phi) is 5.78. The van der Waals surface area contributed by atoms with Crippen LogP contribution in [0.4, 0.5) is 0 Å². The molecule has 2 heterocycles. The van der Waals surface area contributed by atoms with Gasteiger partial charge in [0.05, 0.1) is 18.4 Å². The first-order valence-electron chi connectivity index (χ1n) is 8.60. The molecule has 0 aliphatic rings. The quantitative estimate of drug-likeness (QED) is 0.636. The molecular weight excluding hydrogens is 364 g/mol. The molecule has 1 N–H and O–H groups in total. The van der Waals surface area contributed by atoms with Crippen LogP contribution in [0.3, 0.4) is 0 Å². The van der Waals surface area contributed by atoms with Crippen molar-refractivity contribution in [1.29, 1.82) is 0 Å². The molecule has 0 unspecified atom stereocenters. The van der Waals surface area contributed by atoms with E-state index in [0.717, 1.165) is 5.56 Å². The van der Waals surface area contributed by atoms with Crippen LogP contribution < -0.4 is 4.74 Å². The van der Waals surface area contributed by atoms with Crippen LogP contribution in [-0.2, 0) is 22.6 Å². The van der Waals surface area contributed by atoms with Crippen molar-refractivity contribution >= 4 is 11.9 Å². The van der Waals surface area contributed by atoms with E-state index in [4.69, 9.17) is 18.7 Å². The van der Waals surface area contributed by atoms with Crippen LogP contribution in [0.25, 0.3) is 11.7 Å². The molecule has 8 nitrogen and oxygen atoms in total. The van der Waals surface area contributed by atoms with Gasteiger partial charge in [-0.05, 0) is 36.8 Å². The van der Waals surface area contributed by atoms with Crippen LogP contribution in [-0.4, -0.2) is 40.5 Å². The fourth-order valence-electron chi connectivity index (χ4n) is 2.57. The summed E-state index contributed by atoms with van der Waals surface area (Å²) in [5, 5.41) is 8.62. The molecule has 3 aromatic rings. The minimum atomic E-state index is -1.03. The van der Waals surface area contributed by atoms with Gasteiger partial charge in [-0.15, -0.1) is 0 Å². The first-order valence-corrected chi connectivity index (χ1v) is 8.60. The average Bonchev–Trinajstić information content (AvgIpc) is 3.31. The average molecular weight is 384 g/mol. The van der Waals surface area contributed by atoms with Crippen molar-refractivity contribution < 1.29 is 28.3 Å². The largest absolute Gasteiger partial charge is 0.482 e. The molecule has 0 saturated heterocycles.